The normalized spacial score (nSPS) is 10.9. The first-order chi connectivity index (χ1) is 5.68. The standard InChI is InChI=1S/C11H13N/c1-8-4-5-11-10(6-8)9(2)7-12(11)3/h4-7H,1-3H3. The summed E-state index contributed by atoms with van der Waals surface area (Å²) < 4.78 is 2.17. The molecule has 0 atom stereocenters. The quantitative estimate of drug-likeness (QED) is 0.557. The van der Waals surface area contributed by atoms with Crippen molar-refractivity contribution < 1.29 is 0 Å². The van der Waals surface area contributed by atoms with Gasteiger partial charge in [-0.2, -0.15) is 0 Å². The Bertz CT molecular complexity index is 424. The zero-order valence-electron chi connectivity index (χ0n) is 7.76. The van der Waals surface area contributed by atoms with E-state index in [1.807, 2.05) is 0 Å². The summed E-state index contributed by atoms with van der Waals surface area (Å²) in [5.74, 6) is 0. The molecule has 1 heterocycles. The molecule has 1 heteroatoms. The van der Waals surface area contributed by atoms with Gasteiger partial charge in [0.2, 0.25) is 0 Å². The number of rotatable bonds is 0. The van der Waals surface area contributed by atoms with Crippen molar-refractivity contribution >= 4 is 10.9 Å². The molecule has 1 aromatic carbocycles. The first kappa shape index (κ1) is 7.41. The summed E-state index contributed by atoms with van der Waals surface area (Å²) in [4.78, 5) is 0. The summed E-state index contributed by atoms with van der Waals surface area (Å²) in [6, 6.07) is 6.57. The average Bonchev–Trinajstić information content (AvgIpc) is 2.28. The van der Waals surface area contributed by atoms with E-state index >= 15 is 0 Å². The van der Waals surface area contributed by atoms with Crippen LogP contribution in [-0.4, -0.2) is 4.57 Å². The lowest BCUT2D eigenvalue weighted by atomic mass is 10.1. The van der Waals surface area contributed by atoms with E-state index < -0.39 is 0 Å². The number of benzene rings is 1. The number of hydrogen-bond donors (Lipinski definition) is 0. The van der Waals surface area contributed by atoms with E-state index in [4.69, 9.17) is 0 Å². The van der Waals surface area contributed by atoms with E-state index in [0.717, 1.165) is 0 Å². The molecule has 1 aromatic heterocycles. The van der Waals surface area contributed by atoms with Gasteiger partial charge in [0, 0.05) is 24.1 Å². The van der Waals surface area contributed by atoms with Crippen LogP contribution in [0.25, 0.3) is 10.9 Å². The maximum absolute atomic E-state index is 2.24. The van der Waals surface area contributed by atoms with Crippen LogP contribution in [0.3, 0.4) is 0 Å². The first-order valence-corrected chi connectivity index (χ1v) is 4.21. The van der Waals surface area contributed by atoms with E-state index in [1.165, 1.54) is 22.0 Å². The van der Waals surface area contributed by atoms with E-state index in [1.54, 1.807) is 0 Å². The fourth-order valence-electron chi connectivity index (χ4n) is 1.70. The third-order valence-corrected chi connectivity index (χ3v) is 2.34. The van der Waals surface area contributed by atoms with Gasteiger partial charge in [-0.25, -0.2) is 0 Å². The van der Waals surface area contributed by atoms with Crippen molar-refractivity contribution in [1.82, 2.24) is 4.57 Å². The van der Waals surface area contributed by atoms with Crippen molar-refractivity contribution in [2.24, 2.45) is 7.05 Å². The molecule has 0 bridgehead atoms. The second kappa shape index (κ2) is 2.37. The number of aromatic nitrogens is 1. The molecule has 0 aliphatic rings. The Morgan fingerprint density at radius 1 is 1.17 bits per heavy atom. The van der Waals surface area contributed by atoms with Crippen LogP contribution in [0.4, 0.5) is 0 Å². The largest absolute Gasteiger partial charge is 0.350 e. The van der Waals surface area contributed by atoms with Gasteiger partial charge in [-0.15, -0.1) is 0 Å². The Kier molecular flexibility index (Phi) is 1.47. The summed E-state index contributed by atoms with van der Waals surface area (Å²) in [6.07, 6.45) is 2.17. The van der Waals surface area contributed by atoms with Crippen LogP contribution in [-0.2, 0) is 7.05 Å². The minimum Gasteiger partial charge on any atom is -0.350 e. The summed E-state index contributed by atoms with van der Waals surface area (Å²) >= 11 is 0. The van der Waals surface area contributed by atoms with Crippen molar-refractivity contribution in [2.75, 3.05) is 0 Å². The van der Waals surface area contributed by atoms with E-state index in [-0.39, 0.29) is 0 Å². The van der Waals surface area contributed by atoms with Crippen LogP contribution in [0.15, 0.2) is 24.4 Å². The highest BCUT2D eigenvalue weighted by atomic mass is 14.9. The molecule has 62 valence electrons. The molecule has 0 spiro atoms. The molecule has 0 fully saturated rings. The molecule has 0 saturated heterocycles. The third kappa shape index (κ3) is 0.934. The van der Waals surface area contributed by atoms with Crippen LogP contribution >= 0.6 is 0 Å². The van der Waals surface area contributed by atoms with Gasteiger partial charge < -0.3 is 4.57 Å². The summed E-state index contributed by atoms with van der Waals surface area (Å²) in [5.41, 5.74) is 4.01. The maximum atomic E-state index is 2.24. The summed E-state index contributed by atoms with van der Waals surface area (Å²) in [6.45, 7) is 4.29. The fourth-order valence-corrected chi connectivity index (χ4v) is 1.70. The highest BCUT2D eigenvalue weighted by Gasteiger charge is 2.01. The topological polar surface area (TPSA) is 4.93 Å². The minimum atomic E-state index is 1.32. The maximum Gasteiger partial charge on any atom is 0.0480 e. The Labute approximate surface area is 72.6 Å². The molecule has 0 unspecified atom stereocenters. The second-order valence-electron chi connectivity index (χ2n) is 3.44. The smallest absolute Gasteiger partial charge is 0.0480 e. The molecule has 0 aliphatic carbocycles. The molecule has 0 saturated carbocycles. The van der Waals surface area contributed by atoms with Gasteiger partial charge in [0.15, 0.2) is 0 Å². The summed E-state index contributed by atoms with van der Waals surface area (Å²) in [5, 5.41) is 1.37. The van der Waals surface area contributed by atoms with E-state index in [2.05, 4.69) is 49.9 Å². The van der Waals surface area contributed by atoms with Crippen molar-refractivity contribution in [3.8, 4) is 0 Å². The first-order valence-electron chi connectivity index (χ1n) is 4.21. The zero-order chi connectivity index (χ0) is 8.72. The van der Waals surface area contributed by atoms with Crippen LogP contribution in [0, 0.1) is 13.8 Å². The lowest BCUT2D eigenvalue weighted by Gasteiger charge is -1.96. The number of aryl methyl sites for hydroxylation is 3. The predicted molar refractivity (Wildman–Crippen MR) is 52.4 cm³/mol. The highest BCUT2D eigenvalue weighted by Crippen LogP contribution is 2.20. The third-order valence-electron chi connectivity index (χ3n) is 2.34. The lowest BCUT2D eigenvalue weighted by Crippen LogP contribution is -1.82. The zero-order valence-corrected chi connectivity index (χ0v) is 7.76. The molecular weight excluding hydrogens is 146 g/mol. The molecule has 0 aliphatic heterocycles. The Balaban J connectivity index is 2.90. The van der Waals surface area contributed by atoms with Gasteiger partial charge in [0.25, 0.3) is 0 Å². The molecule has 0 N–H and O–H groups in total. The SMILES string of the molecule is Cc1ccc2c(c1)c(C)cn2C. The molecule has 2 aromatic rings. The number of nitrogens with zero attached hydrogens (tertiary/aromatic N) is 1. The minimum absolute atomic E-state index is 1.32. The van der Waals surface area contributed by atoms with Gasteiger partial charge in [0.05, 0.1) is 0 Å². The monoisotopic (exact) mass is 159 g/mol. The van der Waals surface area contributed by atoms with Crippen LogP contribution in [0.5, 0.6) is 0 Å². The average molecular weight is 159 g/mol. The Hall–Kier alpha value is -1.24. The Morgan fingerprint density at radius 3 is 2.67 bits per heavy atom. The molecule has 2 rings (SSSR count). The highest BCUT2D eigenvalue weighted by molar-refractivity contribution is 5.84. The number of fused-ring (bicyclic) bond motifs is 1. The van der Waals surface area contributed by atoms with Crippen LogP contribution < -0.4 is 0 Å². The van der Waals surface area contributed by atoms with E-state index in [9.17, 15) is 0 Å². The van der Waals surface area contributed by atoms with Crippen molar-refractivity contribution in [3.63, 3.8) is 0 Å². The molecule has 12 heavy (non-hydrogen) atoms. The van der Waals surface area contributed by atoms with Gasteiger partial charge in [-0.3, -0.25) is 0 Å². The van der Waals surface area contributed by atoms with Crippen LogP contribution in [0.1, 0.15) is 11.1 Å². The lowest BCUT2D eigenvalue weighted by molar-refractivity contribution is 0.964. The van der Waals surface area contributed by atoms with Crippen molar-refractivity contribution in [2.45, 2.75) is 13.8 Å². The summed E-state index contributed by atoms with van der Waals surface area (Å²) in [7, 11) is 2.09. The van der Waals surface area contributed by atoms with E-state index in [0.29, 0.717) is 0 Å². The molecule has 1 nitrogen and oxygen atoms in total. The van der Waals surface area contributed by atoms with Crippen molar-refractivity contribution in [1.29, 1.82) is 0 Å². The van der Waals surface area contributed by atoms with Crippen LogP contribution in [0.2, 0.25) is 0 Å². The molecular formula is C11H13N. The molecule has 0 amide bonds. The predicted octanol–water partition coefficient (Wildman–Crippen LogP) is 2.80. The number of hydrogen-bond acceptors (Lipinski definition) is 0. The Morgan fingerprint density at radius 2 is 1.92 bits per heavy atom. The fraction of sp³-hybridized carbons (Fsp3) is 0.273. The van der Waals surface area contributed by atoms with Gasteiger partial charge in [-0.05, 0) is 31.5 Å². The van der Waals surface area contributed by atoms with Gasteiger partial charge >= 0.3 is 0 Å². The second-order valence-corrected chi connectivity index (χ2v) is 3.44. The van der Waals surface area contributed by atoms with Gasteiger partial charge in [0.1, 0.15) is 0 Å². The molecule has 0 radical (unpaired) electrons. The van der Waals surface area contributed by atoms with Gasteiger partial charge in [-0.1, -0.05) is 11.6 Å². The van der Waals surface area contributed by atoms with Crippen molar-refractivity contribution in [3.05, 3.63) is 35.5 Å².